The third-order valence-corrected chi connectivity index (χ3v) is 3.74. The van der Waals surface area contributed by atoms with Crippen LogP contribution in [0.2, 0.25) is 0 Å². The second-order valence-electron chi connectivity index (χ2n) is 7.50. The van der Waals surface area contributed by atoms with Gasteiger partial charge in [-0.1, -0.05) is 45.5 Å². The molecule has 1 atom stereocenters. The number of aliphatic hydroxyl groups excluding tert-OH is 2. The number of carboxylic acid groups (broad SMARTS) is 1. The third-order valence-electron chi connectivity index (χ3n) is 3.74. The van der Waals surface area contributed by atoms with Crippen molar-refractivity contribution < 1.29 is 43.8 Å². The predicted molar refractivity (Wildman–Crippen MR) is 120 cm³/mol. The van der Waals surface area contributed by atoms with E-state index in [2.05, 4.69) is 27.4 Å². The molecule has 0 fully saturated rings. The van der Waals surface area contributed by atoms with E-state index >= 15 is 0 Å². The number of rotatable bonds is 16. The molecule has 32 heavy (non-hydrogen) atoms. The lowest BCUT2D eigenvalue weighted by molar-refractivity contribution is -0.131. The molecular formula is C23H38O9. The molecule has 184 valence electrons. The van der Waals surface area contributed by atoms with Crippen LogP contribution in [-0.2, 0) is 29.2 Å². The fourth-order valence-corrected chi connectivity index (χ4v) is 2.28. The summed E-state index contributed by atoms with van der Waals surface area (Å²) >= 11 is 0. The number of ether oxygens (including phenoxy) is 5. The molecule has 1 rings (SSSR count). The monoisotopic (exact) mass is 458 g/mol. The summed E-state index contributed by atoms with van der Waals surface area (Å²) in [6.07, 6.45) is -0.198. The molecule has 1 aromatic carbocycles. The Morgan fingerprint density at radius 1 is 0.969 bits per heavy atom. The minimum atomic E-state index is -1.03. The van der Waals surface area contributed by atoms with Gasteiger partial charge in [-0.05, 0) is 17.0 Å². The Hall–Kier alpha value is -2.01. The van der Waals surface area contributed by atoms with E-state index in [4.69, 9.17) is 33.9 Å². The summed E-state index contributed by atoms with van der Waals surface area (Å²) in [7, 11) is 0. The second-order valence-corrected chi connectivity index (χ2v) is 7.50. The number of hydrogen-bond donors (Lipinski definition) is 3. The fourth-order valence-electron chi connectivity index (χ4n) is 2.28. The zero-order valence-corrected chi connectivity index (χ0v) is 19.3. The summed E-state index contributed by atoms with van der Waals surface area (Å²) in [5.74, 6) is -0.317. The molecule has 0 aromatic heterocycles. The Labute approximate surface area is 190 Å². The van der Waals surface area contributed by atoms with Gasteiger partial charge >= 0.3 is 5.97 Å². The van der Waals surface area contributed by atoms with Crippen LogP contribution in [0.15, 0.2) is 36.9 Å². The molecule has 0 bridgehead atoms. The van der Waals surface area contributed by atoms with Crippen molar-refractivity contribution in [1.82, 2.24) is 0 Å². The van der Waals surface area contributed by atoms with E-state index in [0.717, 1.165) is 11.6 Å². The number of carbonyl (C=O) groups is 1. The number of benzene rings is 1. The van der Waals surface area contributed by atoms with Gasteiger partial charge in [-0.3, -0.25) is 0 Å². The van der Waals surface area contributed by atoms with Gasteiger partial charge in [-0.25, -0.2) is 4.79 Å². The highest BCUT2D eigenvalue weighted by atomic mass is 16.6. The summed E-state index contributed by atoms with van der Waals surface area (Å²) in [5.41, 5.74) is 0.965. The smallest absolute Gasteiger partial charge is 0.327 e. The maximum Gasteiger partial charge on any atom is 0.327 e. The van der Waals surface area contributed by atoms with Gasteiger partial charge in [-0.15, -0.1) is 0 Å². The Kier molecular flexibility index (Phi) is 17.4. The van der Waals surface area contributed by atoms with Crippen molar-refractivity contribution in [2.24, 2.45) is 0 Å². The maximum absolute atomic E-state index is 10.0. The summed E-state index contributed by atoms with van der Waals surface area (Å²) in [6, 6.07) is 7.69. The number of para-hydroxylation sites is 1. The van der Waals surface area contributed by atoms with E-state index in [0.29, 0.717) is 52.0 Å². The summed E-state index contributed by atoms with van der Waals surface area (Å²) in [6.45, 7) is 12.3. The molecule has 1 aromatic rings. The zero-order valence-electron chi connectivity index (χ0n) is 19.3. The Balaban J connectivity index is 0.00000172. The van der Waals surface area contributed by atoms with E-state index in [9.17, 15) is 9.90 Å². The van der Waals surface area contributed by atoms with Gasteiger partial charge in [0.15, 0.2) is 0 Å². The highest BCUT2D eigenvalue weighted by molar-refractivity contribution is 5.78. The second kappa shape index (κ2) is 18.6. The summed E-state index contributed by atoms with van der Waals surface area (Å²) in [5, 5.41) is 26.2. The van der Waals surface area contributed by atoms with Crippen molar-refractivity contribution in [2.45, 2.75) is 32.5 Å². The highest BCUT2D eigenvalue weighted by Gasteiger charge is 2.20. The molecule has 0 spiro atoms. The Bertz CT molecular complexity index is 614. The largest absolute Gasteiger partial charge is 0.478 e. The molecule has 0 saturated carbocycles. The van der Waals surface area contributed by atoms with E-state index in [1.54, 1.807) is 0 Å². The van der Waals surface area contributed by atoms with E-state index in [-0.39, 0.29) is 18.6 Å². The molecule has 0 heterocycles. The first kappa shape index (κ1) is 30.0. The minimum Gasteiger partial charge on any atom is -0.478 e. The first-order valence-corrected chi connectivity index (χ1v) is 10.4. The lowest BCUT2D eigenvalue weighted by atomic mass is 9.86. The molecule has 9 nitrogen and oxygen atoms in total. The van der Waals surface area contributed by atoms with Gasteiger partial charge in [0.1, 0.15) is 12.4 Å². The van der Waals surface area contributed by atoms with Gasteiger partial charge in [-0.2, -0.15) is 0 Å². The predicted octanol–water partition coefficient (Wildman–Crippen LogP) is 2.00. The number of hydrogen-bond acceptors (Lipinski definition) is 8. The van der Waals surface area contributed by atoms with Gasteiger partial charge in [0.2, 0.25) is 6.29 Å². The average molecular weight is 459 g/mol. The van der Waals surface area contributed by atoms with Crippen molar-refractivity contribution in [3.63, 3.8) is 0 Å². The topological polar surface area (TPSA) is 124 Å². The van der Waals surface area contributed by atoms with Crippen molar-refractivity contribution >= 4 is 5.97 Å². The minimum absolute atomic E-state index is 0.0198. The van der Waals surface area contributed by atoms with E-state index in [1.807, 2.05) is 24.3 Å². The molecule has 9 heteroatoms. The van der Waals surface area contributed by atoms with Gasteiger partial charge < -0.3 is 39.0 Å². The van der Waals surface area contributed by atoms with Crippen LogP contribution >= 0.6 is 0 Å². The number of aliphatic hydroxyl groups is 2. The van der Waals surface area contributed by atoms with Crippen LogP contribution in [0.25, 0.3) is 0 Å². The SMILES string of the molecule is C=CC(=O)O.CC(C)(C)c1ccccc1OC(O)COCCOCCOCCOCCO. The van der Waals surface area contributed by atoms with E-state index < -0.39 is 12.3 Å². The number of carboxylic acids is 1. The van der Waals surface area contributed by atoms with Crippen molar-refractivity contribution in [3.05, 3.63) is 42.5 Å². The molecule has 0 aliphatic carbocycles. The van der Waals surface area contributed by atoms with Gasteiger partial charge in [0.05, 0.1) is 52.9 Å². The lowest BCUT2D eigenvalue weighted by Crippen LogP contribution is -2.25. The number of aliphatic carboxylic acids is 1. The first-order valence-electron chi connectivity index (χ1n) is 10.4. The normalized spacial score (nSPS) is 11.9. The molecule has 1 unspecified atom stereocenters. The van der Waals surface area contributed by atoms with Crippen LogP contribution < -0.4 is 4.74 Å². The van der Waals surface area contributed by atoms with Crippen LogP contribution in [-0.4, -0.2) is 87.0 Å². The third kappa shape index (κ3) is 16.7. The molecule has 0 radical (unpaired) electrons. The van der Waals surface area contributed by atoms with Crippen molar-refractivity contribution in [3.8, 4) is 5.75 Å². The molecule has 0 amide bonds. The Morgan fingerprint density at radius 2 is 1.44 bits per heavy atom. The zero-order chi connectivity index (χ0) is 24.2. The molecular weight excluding hydrogens is 420 g/mol. The molecule has 0 aliphatic rings. The Morgan fingerprint density at radius 3 is 1.91 bits per heavy atom. The van der Waals surface area contributed by atoms with Crippen LogP contribution in [0, 0.1) is 0 Å². The highest BCUT2D eigenvalue weighted by Crippen LogP contribution is 2.31. The van der Waals surface area contributed by atoms with Crippen LogP contribution in [0.5, 0.6) is 5.75 Å². The van der Waals surface area contributed by atoms with Crippen LogP contribution in [0.4, 0.5) is 0 Å². The van der Waals surface area contributed by atoms with E-state index in [1.165, 1.54) is 0 Å². The fraction of sp³-hybridized carbons (Fsp3) is 0.609. The summed E-state index contributed by atoms with van der Waals surface area (Å²) in [4.78, 5) is 9.25. The van der Waals surface area contributed by atoms with Crippen molar-refractivity contribution in [1.29, 1.82) is 0 Å². The van der Waals surface area contributed by atoms with Gasteiger partial charge in [0.25, 0.3) is 0 Å². The first-order chi connectivity index (χ1) is 15.2. The quantitative estimate of drug-likeness (QED) is 0.194. The van der Waals surface area contributed by atoms with Gasteiger partial charge in [0, 0.05) is 6.08 Å². The van der Waals surface area contributed by atoms with Crippen LogP contribution in [0.1, 0.15) is 26.3 Å². The van der Waals surface area contributed by atoms with Crippen LogP contribution in [0.3, 0.4) is 0 Å². The maximum atomic E-state index is 10.0. The molecule has 0 saturated heterocycles. The standard InChI is InChI=1S/C20H34O7.C3H4O2/c1-20(2,3)17-6-4-5-7-18(17)27-19(22)16-26-15-14-25-13-12-24-11-10-23-9-8-21;1-2-3(4)5/h4-7,19,21-22H,8-16H2,1-3H3;2H,1H2,(H,4,5). The molecule has 3 N–H and O–H groups in total. The van der Waals surface area contributed by atoms with Crippen molar-refractivity contribution in [2.75, 3.05) is 59.5 Å². The molecule has 0 aliphatic heterocycles. The average Bonchev–Trinajstić information content (AvgIpc) is 2.74. The lowest BCUT2D eigenvalue weighted by Gasteiger charge is -2.24. The summed E-state index contributed by atoms with van der Waals surface area (Å²) < 4.78 is 26.7.